The van der Waals surface area contributed by atoms with Crippen LogP contribution in [-0.2, 0) is 0 Å². The lowest BCUT2D eigenvalue weighted by molar-refractivity contribution is 0.354. The molecule has 19 heavy (non-hydrogen) atoms. The van der Waals surface area contributed by atoms with Crippen LogP contribution < -0.4 is 20.7 Å². The topological polar surface area (TPSA) is 56.5 Å². The maximum Gasteiger partial charge on any atom is 0.161 e. The van der Waals surface area contributed by atoms with Crippen molar-refractivity contribution in [3.63, 3.8) is 0 Å². The van der Waals surface area contributed by atoms with Gasteiger partial charge >= 0.3 is 0 Å². The first-order valence-corrected chi connectivity index (χ1v) is 6.88. The minimum Gasteiger partial charge on any atom is -0.493 e. The zero-order valence-electron chi connectivity index (χ0n) is 10.6. The first kappa shape index (κ1) is 14.1. The summed E-state index contributed by atoms with van der Waals surface area (Å²) in [5.74, 6) is 6.99. The fourth-order valence-electron chi connectivity index (χ4n) is 1.87. The molecule has 1 unspecified atom stereocenters. The van der Waals surface area contributed by atoms with Gasteiger partial charge in [-0.25, -0.2) is 5.43 Å². The van der Waals surface area contributed by atoms with Gasteiger partial charge in [-0.15, -0.1) is 11.3 Å². The fourth-order valence-corrected chi connectivity index (χ4v) is 3.12. The Morgan fingerprint density at radius 2 is 1.95 bits per heavy atom. The Kier molecular flexibility index (Phi) is 4.66. The number of halogens is 1. The summed E-state index contributed by atoms with van der Waals surface area (Å²) in [6, 6.07) is 7.35. The molecule has 2 rings (SSSR count). The van der Waals surface area contributed by atoms with E-state index in [1.807, 2.05) is 29.6 Å². The van der Waals surface area contributed by atoms with E-state index in [4.69, 9.17) is 26.9 Å². The summed E-state index contributed by atoms with van der Waals surface area (Å²) < 4.78 is 10.5. The number of methoxy groups -OCH3 is 2. The van der Waals surface area contributed by atoms with E-state index >= 15 is 0 Å². The van der Waals surface area contributed by atoms with Crippen molar-refractivity contribution in [1.29, 1.82) is 0 Å². The van der Waals surface area contributed by atoms with Gasteiger partial charge in [-0.05, 0) is 29.1 Å². The van der Waals surface area contributed by atoms with Crippen LogP contribution >= 0.6 is 22.9 Å². The largest absolute Gasteiger partial charge is 0.493 e. The summed E-state index contributed by atoms with van der Waals surface area (Å²) in [4.78, 5) is 0.969. The molecule has 0 bridgehead atoms. The van der Waals surface area contributed by atoms with E-state index in [0.717, 1.165) is 10.4 Å². The van der Waals surface area contributed by atoms with Crippen LogP contribution in [0, 0.1) is 0 Å². The highest BCUT2D eigenvalue weighted by Gasteiger charge is 2.18. The van der Waals surface area contributed by atoms with Gasteiger partial charge in [-0.3, -0.25) is 5.84 Å². The Morgan fingerprint density at radius 1 is 1.21 bits per heavy atom. The standard InChI is InChI=1S/C13H15ClN2O2S/c1-17-10-4-3-8(7-11(10)18-2)12(16-15)13-9(14)5-6-19-13/h3-7,12,16H,15H2,1-2H3. The number of hydrogen-bond acceptors (Lipinski definition) is 5. The lowest BCUT2D eigenvalue weighted by Gasteiger charge is -2.17. The van der Waals surface area contributed by atoms with Crippen LogP contribution in [0.5, 0.6) is 11.5 Å². The van der Waals surface area contributed by atoms with Gasteiger partial charge in [-0.2, -0.15) is 0 Å². The first-order chi connectivity index (χ1) is 9.21. The Labute approximate surface area is 121 Å². The molecule has 0 saturated heterocycles. The Hall–Kier alpha value is -1.27. The number of thiophene rings is 1. The van der Waals surface area contributed by atoms with E-state index < -0.39 is 0 Å². The number of nitrogens with one attached hydrogen (secondary N) is 1. The van der Waals surface area contributed by atoms with Crippen LogP contribution in [0.1, 0.15) is 16.5 Å². The quantitative estimate of drug-likeness (QED) is 0.658. The molecule has 4 nitrogen and oxygen atoms in total. The zero-order chi connectivity index (χ0) is 13.8. The van der Waals surface area contributed by atoms with Crippen molar-refractivity contribution in [3.8, 4) is 11.5 Å². The summed E-state index contributed by atoms with van der Waals surface area (Å²) >= 11 is 7.71. The molecule has 0 aliphatic carbocycles. The number of rotatable bonds is 5. The van der Waals surface area contributed by atoms with Crippen LogP contribution in [0.3, 0.4) is 0 Å². The number of benzene rings is 1. The predicted octanol–water partition coefficient (Wildman–Crippen LogP) is 2.97. The molecule has 1 aromatic heterocycles. The van der Waals surface area contributed by atoms with Crippen molar-refractivity contribution >= 4 is 22.9 Å². The average molecular weight is 299 g/mol. The molecule has 1 aromatic carbocycles. The second-order valence-corrected chi connectivity index (χ2v) is 5.20. The highest BCUT2D eigenvalue weighted by atomic mass is 35.5. The molecule has 0 fully saturated rings. The minimum atomic E-state index is -0.174. The molecule has 0 spiro atoms. The maximum absolute atomic E-state index is 6.15. The van der Waals surface area contributed by atoms with E-state index in [2.05, 4.69) is 5.43 Å². The van der Waals surface area contributed by atoms with E-state index in [1.165, 1.54) is 0 Å². The molecule has 0 aliphatic heterocycles. The molecule has 1 atom stereocenters. The predicted molar refractivity (Wildman–Crippen MR) is 78.0 cm³/mol. The molecule has 0 saturated carbocycles. The van der Waals surface area contributed by atoms with Gasteiger partial charge in [0, 0.05) is 4.88 Å². The second-order valence-electron chi connectivity index (χ2n) is 3.85. The van der Waals surface area contributed by atoms with Crippen molar-refractivity contribution in [2.75, 3.05) is 14.2 Å². The minimum absolute atomic E-state index is 0.174. The van der Waals surface area contributed by atoms with E-state index in [1.54, 1.807) is 25.6 Å². The third kappa shape index (κ3) is 2.84. The lowest BCUT2D eigenvalue weighted by Crippen LogP contribution is -2.28. The number of hydrazine groups is 1. The highest BCUT2D eigenvalue weighted by molar-refractivity contribution is 7.10. The fraction of sp³-hybridized carbons (Fsp3) is 0.231. The Bertz CT molecular complexity index is 559. The van der Waals surface area contributed by atoms with Crippen molar-refractivity contribution in [2.24, 2.45) is 5.84 Å². The van der Waals surface area contributed by atoms with Crippen molar-refractivity contribution < 1.29 is 9.47 Å². The molecule has 6 heteroatoms. The summed E-state index contributed by atoms with van der Waals surface area (Å²) in [7, 11) is 3.21. The average Bonchev–Trinajstić information content (AvgIpc) is 2.86. The summed E-state index contributed by atoms with van der Waals surface area (Å²) in [5, 5.41) is 2.63. The molecule has 0 aliphatic rings. The number of nitrogens with two attached hydrogens (primary N) is 1. The zero-order valence-corrected chi connectivity index (χ0v) is 12.2. The number of hydrogen-bond donors (Lipinski definition) is 2. The number of ether oxygens (including phenoxy) is 2. The summed E-state index contributed by atoms with van der Waals surface area (Å²) in [6.07, 6.45) is 0. The van der Waals surface area contributed by atoms with Gasteiger partial charge in [0.25, 0.3) is 0 Å². The van der Waals surface area contributed by atoms with Gasteiger partial charge < -0.3 is 9.47 Å². The molecule has 1 heterocycles. The van der Waals surface area contributed by atoms with Gasteiger partial charge in [0.2, 0.25) is 0 Å². The summed E-state index contributed by atoms with van der Waals surface area (Å²) in [5.41, 5.74) is 3.74. The van der Waals surface area contributed by atoms with Gasteiger partial charge in [-0.1, -0.05) is 17.7 Å². The van der Waals surface area contributed by atoms with Crippen molar-refractivity contribution in [3.05, 3.63) is 45.1 Å². The lowest BCUT2D eigenvalue weighted by atomic mass is 10.1. The van der Waals surface area contributed by atoms with Crippen molar-refractivity contribution in [1.82, 2.24) is 5.43 Å². The molecule has 0 amide bonds. The van der Waals surface area contributed by atoms with Crippen LogP contribution in [0.25, 0.3) is 0 Å². The van der Waals surface area contributed by atoms with Crippen LogP contribution in [-0.4, -0.2) is 14.2 Å². The Morgan fingerprint density at radius 3 is 2.47 bits per heavy atom. The monoisotopic (exact) mass is 298 g/mol. The molecular weight excluding hydrogens is 284 g/mol. The van der Waals surface area contributed by atoms with Gasteiger partial charge in [0.15, 0.2) is 11.5 Å². The first-order valence-electron chi connectivity index (χ1n) is 5.62. The third-order valence-corrected chi connectivity index (χ3v) is 4.24. The van der Waals surface area contributed by atoms with E-state index in [9.17, 15) is 0 Å². The molecule has 0 radical (unpaired) electrons. The van der Waals surface area contributed by atoms with Crippen LogP contribution in [0.2, 0.25) is 5.02 Å². The van der Waals surface area contributed by atoms with Gasteiger partial charge in [0.1, 0.15) is 0 Å². The third-order valence-electron chi connectivity index (χ3n) is 2.81. The van der Waals surface area contributed by atoms with Crippen LogP contribution in [0.4, 0.5) is 0 Å². The summed E-state index contributed by atoms with van der Waals surface area (Å²) in [6.45, 7) is 0. The second kappa shape index (κ2) is 6.25. The van der Waals surface area contributed by atoms with Crippen LogP contribution in [0.15, 0.2) is 29.6 Å². The van der Waals surface area contributed by atoms with E-state index in [0.29, 0.717) is 16.5 Å². The SMILES string of the molecule is COc1ccc(C(NN)c2sccc2Cl)cc1OC. The molecular formula is C13H15ClN2O2S. The normalized spacial score (nSPS) is 12.2. The molecule has 2 aromatic rings. The Balaban J connectivity index is 2.42. The van der Waals surface area contributed by atoms with Crippen molar-refractivity contribution in [2.45, 2.75) is 6.04 Å². The smallest absolute Gasteiger partial charge is 0.161 e. The van der Waals surface area contributed by atoms with Gasteiger partial charge in [0.05, 0.1) is 25.3 Å². The molecule has 3 N–H and O–H groups in total. The molecule has 102 valence electrons. The maximum atomic E-state index is 6.15. The highest BCUT2D eigenvalue weighted by Crippen LogP contribution is 2.36. The van der Waals surface area contributed by atoms with E-state index in [-0.39, 0.29) is 6.04 Å².